The van der Waals surface area contributed by atoms with Gasteiger partial charge < -0.3 is 20.5 Å². The van der Waals surface area contributed by atoms with E-state index in [4.69, 9.17) is 9.73 Å². The number of aliphatic hydroxyl groups is 1. The maximum Gasteiger partial charge on any atom is 0.191 e. The Morgan fingerprint density at radius 3 is 2.53 bits per heavy atom. The summed E-state index contributed by atoms with van der Waals surface area (Å²) in [5, 5.41) is 16.5. The molecule has 0 radical (unpaired) electrons. The number of hydrogen-bond donors (Lipinski definition) is 3. The van der Waals surface area contributed by atoms with E-state index in [0.717, 1.165) is 71.2 Å². The molecule has 1 unspecified atom stereocenters. The molecule has 0 aromatic heterocycles. The highest BCUT2D eigenvalue weighted by Crippen LogP contribution is 2.30. The van der Waals surface area contributed by atoms with Crippen molar-refractivity contribution in [1.29, 1.82) is 0 Å². The third-order valence-electron chi connectivity index (χ3n) is 6.44. The summed E-state index contributed by atoms with van der Waals surface area (Å²) in [6.45, 7) is 14.6. The van der Waals surface area contributed by atoms with Crippen LogP contribution in [-0.2, 0) is 4.74 Å². The second-order valence-electron chi connectivity index (χ2n) is 8.34. The average molecular weight is 419 g/mol. The van der Waals surface area contributed by atoms with Gasteiger partial charge in [0.2, 0.25) is 0 Å². The van der Waals surface area contributed by atoms with Crippen molar-refractivity contribution in [3.8, 4) is 0 Å². The summed E-state index contributed by atoms with van der Waals surface area (Å²) in [7, 11) is 0. The predicted molar refractivity (Wildman–Crippen MR) is 125 cm³/mol. The van der Waals surface area contributed by atoms with E-state index in [1.165, 1.54) is 11.1 Å². The molecule has 1 heterocycles. The van der Waals surface area contributed by atoms with E-state index in [-0.39, 0.29) is 18.1 Å². The monoisotopic (exact) mass is 418 g/mol. The zero-order valence-corrected chi connectivity index (χ0v) is 19.4. The number of ether oxygens (including phenoxy) is 1. The van der Waals surface area contributed by atoms with Gasteiger partial charge in [0, 0.05) is 39.3 Å². The van der Waals surface area contributed by atoms with E-state index in [1.54, 1.807) is 0 Å². The van der Waals surface area contributed by atoms with Gasteiger partial charge in [-0.1, -0.05) is 43.7 Å². The Kier molecular flexibility index (Phi) is 10.6. The number of rotatable bonds is 11. The van der Waals surface area contributed by atoms with E-state index in [9.17, 15) is 5.11 Å². The largest absolute Gasteiger partial charge is 0.396 e. The van der Waals surface area contributed by atoms with Gasteiger partial charge in [-0.05, 0) is 44.1 Å². The van der Waals surface area contributed by atoms with Crippen molar-refractivity contribution in [3.63, 3.8) is 0 Å². The Balaban J connectivity index is 2.14. The van der Waals surface area contributed by atoms with Gasteiger partial charge in [-0.2, -0.15) is 0 Å². The molecule has 1 aliphatic heterocycles. The van der Waals surface area contributed by atoms with Gasteiger partial charge in [-0.15, -0.1) is 0 Å². The molecule has 0 bridgehead atoms. The molecule has 1 saturated heterocycles. The smallest absolute Gasteiger partial charge is 0.191 e. The summed E-state index contributed by atoms with van der Waals surface area (Å²) < 4.78 is 5.58. The second kappa shape index (κ2) is 12.9. The van der Waals surface area contributed by atoms with Gasteiger partial charge in [0.1, 0.15) is 0 Å². The zero-order valence-electron chi connectivity index (χ0n) is 19.4. The molecule has 30 heavy (non-hydrogen) atoms. The first-order chi connectivity index (χ1) is 14.6. The topological polar surface area (TPSA) is 69.1 Å². The second-order valence-corrected chi connectivity index (χ2v) is 8.34. The van der Waals surface area contributed by atoms with Gasteiger partial charge in [-0.3, -0.25) is 9.89 Å². The Bertz CT molecular complexity index is 640. The van der Waals surface area contributed by atoms with E-state index in [0.29, 0.717) is 0 Å². The van der Waals surface area contributed by atoms with Crippen LogP contribution in [0.25, 0.3) is 0 Å². The maximum atomic E-state index is 9.51. The fourth-order valence-corrected chi connectivity index (χ4v) is 4.15. The Morgan fingerprint density at radius 1 is 1.20 bits per heavy atom. The molecule has 6 heteroatoms. The minimum absolute atomic E-state index is 0.0667. The standard InChI is InChI=1S/C24H42N4O2/c1-5-24(6-2,11-14-29)19-27-23(25-7-3)26-18-22(28-12-15-30-16-13-28)21-10-8-9-20(4)17-21/h8-10,17,22,29H,5-7,11-16,18-19H2,1-4H3,(H2,25,26,27). The fraction of sp³-hybridized carbons (Fsp3) is 0.708. The number of aliphatic imine (C=N–C) groups is 1. The first-order valence-electron chi connectivity index (χ1n) is 11.6. The van der Waals surface area contributed by atoms with Crippen LogP contribution in [0.15, 0.2) is 29.3 Å². The summed E-state index contributed by atoms with van der Waals surface area (Å²) in [6.07, 6.45) is 2.84. The van der Waals surface area contributed by atoms with Crippen molar-refractivity contribution in [2.75, 3.05) is 52.5 Å². The summed E-state index contributed by atoms with van der Waals surface area (Å²) in [4.78, 5) is 7.42. The van der Waals surface area contributed by atoms with Crippen molar-refractivity contribution in [3.05, 3.63) is 35.4 Å². The highest BCUT2D eigenvalue weighted by atomic mass is 16.5. The number of hydrogen-bond acceptors (Lipinski definition) is 4. The van der Waals surface area contributed by atoms with Crippen molar-refractivity contribution < 1.29 is 9.84 Å². The van der Waals surface area contributed by atoms with Crippen LogP contribution < -0.4 is 10.6 Å². The average Bonchev–Trinajstić information content (AvgIpc) is 2.77. The first-order valence-corrected chi connectivity index (χ1v) is 11.6. The number of aliphatic hydroxyl groups excluding tert-OH is 1. The van der Waals surface area contributed by atoms with E-state index in [1.807, 2.05) is 0 Å². The van der Waals surface area contributed by atoms with Gasteiger partial charge in [0.25, 0.3) is 0 Å². The number of morpholine rings is 1. The Morgan fingerprint density at radius 2 is 1.93 bits per heavy atom. The molecule has 2 rings (SSSR count). The van der Waals surface area contributed by atoms with Crippen LogP contribution in [0.4, 0.5) is 0 Å². The van der Waals surface area contributed by atoms with Crippen LogP contribution in [0.1, 0.15) is 57.2 Å². The minimum atomic E-state index is 0.0667. The number of benzene rings is 1. The normalized spacial score (nSPS) is 17.0. The molecule has 0 spiro atoms. The predicted octanol–water partition coefficient (Wildman–Crippen LogP) is 3.11. The first kappa shape index (κ1) is 24.6. The van der Waals surface area contributed by atoms with Crippen LogP contribution in [0.2, 0.25) is 0 Å². The molecule has 0 amide bonds. The van der Waals surface area contributed by atoms with Gasteiger partial charge >= 0.3 is 0 Å². The molecule has 6 nitrogen and oxygen atoms in total. The van der Waals surface area contributed by atoms with Gasteiger partial charge in [0.15, 0.2) is 5.96 Å². The highest BCUT2D eigenvalue weighted by Gasteiger charge is 2.26. The fourth-order valence-electron chi connectivity index (χ4n) is 4.15. The third-order valence-corrected chi connectivity index (χ3v) is 6.44. The third kappa shape index (κ3) is 7.25. The molecular formula is C24H42N4O2. The number of aryl methyl sites for hydroxylation is 1. The molecule has 1 fully saturated rings. The van der Waals surface area contributed by atoms with Crippen LogP contribution in [0, 0.1) is 12.3 Å². The minimum Gasteiger partial charge on any atom is -0.396 e. The summed E-state index contributed by atoms with van der Waals surface area (Å²) >= 11 is 0. The van der Waals surface area contributed by atoms with Crippen LogP contribution >= 0.6 is 0 Å². The van der Waals surface area contributed by atoms with Crippen molar-refractivity contribution >= 4 is 5.96 Å². The lowest BCUT2D eigenvalue weighted by Gasteiger charge is -2.35. The maximum absolute atomic E-state index is 9.51. The molecular weight excluding hydrogens is 376 g/mol. The molecule has 3 N–H and O–H groups in total. The van der Waals surface area contributed by atoms with E-state index >= 15 is 0 Å². The molecule has 0 aliphatic carbocycles. The lowest BCUT2D eigenvalue weighted by atomic mass is 9.79. The van der Waals surface area contributed by atoms with E-state index < -0.39 is 0 Å². The molecule has 0 saturated carbocycles. The SMILES string of the molecule is CCNC(=NCC(CC)(CC)CCO)NCC(c1cccc(C)c1)N1CCOCC1. The molecule has 1 aromatic rings. The summed E-state index contributed by atoms with van der Waals surface area (Å²) in [5.41, 5.74) is 2.68. The lowest BCUT2D eigenvalue weighted by Crippen LogP contribution is -2.46. The molecule has 1 aromatic carbocycles. The number of guanidine groups is 1. The number of nitrogens with zero attached hydrogens (tertiary/aromatic N) is 2. The molecule has 1 aliphatic rings. The van der Waals surface area contributed by atoms with Crippen LogP contribution in [0.3, 0.4) is 0 Å². The van der Waals surface area contributed by atoms with Crippen LogP contribution in [0.5, 0.6) is 0 Å². The summed E-state index contributed by atoms with van der Waals surface area (Å²) in [5.74, 6) is 0.854. The molecule has 1 atom stereocenters. The lowest BCUT2D eigenvalue weighted by molar-refractivity contribution is 0.0170. The highest BCUT2D eigenvalue weighted by molar-refractivity contribution is 5.79. The van der Waals surface area contributed by atoms with Crippen molar-refractivity contribution in [2.24, 2.45) is 10.4 Å². The van der Waals surface area contributed by atoms with Crippen LogP contribution in [-0.4, -0.2) is 68.5 Å². The Hall–Kier alpha value is -1.63. The van der Waals surface area contributed by atoms with Gasteiger partial charge in [0.05, 0.1) is 19.3 Å². The van der Waals surface area contributed by atoms with Crippen molar-refractivity contribution in [2.45, 2.75) is 53.0 Å². The van der Waals surface area contributed by atoms with Crippen molar-refractivity contribution in [1.82, 2.24) is 15.5 Å². The Labute approximate surface area is 183 Å². The number of nitrogens with one attached hydrogen (secondary N) is 2. The molecule has 170 valence electrons. The quantitative estimate of drug-likeness (QED) is 0.381. The van der Waals surface area contributed by atoms with E-state index in [2.05, 4.69) is 67.5 Å². The summed E-state index contributed by atoms with van der Waals surface area (Å²) in [6, 6.07) is 9.07. The zero-order chi connectivity index (χ0) is 21.8. The van der Waals surface area contributed by atoms with Gasteiger partial charge in [-0.25, -0.2) is 0 Å².